The van der Waals surface area contributed by atoms with Crippen molar-refractivity contribution in [1.29, 1.82) is 0 Å². The molecule has 1 atom stereocenters. The van der Waals surface area contributed by atoms with E-state index in [2.05, 4.69) is 8.55 Å². The molecule has 0 aliphatic heterocycles. The highest BCUT2D eigenvalue weighted by Gasteiger charge is 1.97. The van der Waals surface area contributed by atoms with Gasteiger partial charge in [-0.1, -0.05) is 6.92 Å². The largest absolute Gasteiger partial charge is 0.288 e. The molecular weight excluding hydrogens is 126 g/mol. The minimum Gasteiger partial charge on any atom is -0.288 e. The highest BCUT2D eigenvalue weighted by molar-refractivity contribution is 7.88. The molecule has 0 aliphatic rings. The van der Waals surface area contributed by atoms with E-state index in [0.717, 1.165) is 0 Å². The van der Waals surface area contributed by atoms with Gasteiger partial charge in [0.25, 0.3) is 0 Å². The van der Waals surface area contributed by atoms with Crippen molar-refractivity contribution < 1.29 is 8.39 Å². The summed E-state index contributed by atoms with van der Waals surface area (Å²) in [7, 11) is 0.619. The quantitative estimate of drug-likeness (QED) is 0.561. The van der Waals surface area contributed by atoms with Crippen LogP contribution in [0.5, 0.6) is 0 Å². The highest BCUT2D eigenvalue weighted by atomic mass is 32.2. The van der Waals surface area contributed by atoms with Crippen molar-refractivity contribution in [2.75, 3.05) is 19.9 Å². The second-order valence-corrected chi connectivity index (χ2v) is 3.66. The molecule has 3 nitrogen and oxygen atoms in total. The van der Waals surface area contributed by atoms with Crippen LogP contribution in [0.25, 0.3) is 0 Å². The first-order valence-corrected chi connectivity index (χ1v) is 3.98. The van der Waals surface area contributed by atoms with Crippen molar-refractivity contribution in [3.05, 3.63) is 0 Å². The van der Waals surface area contributed by atoms with E-state index in [1.807, 2.05) is 0 Å². The standard InChI is InChI=1S/C4H11NO2S/c1-4-8(6,5-2)7-3/h4H2,1-3H3. The monoisotopic (exact) mass is 137 g/mol. The Hall–Kier alpha value is -0.0900. The van der Waals surface area contributed by atoms with E-state index < -0.39 is 10.0 Å². The Kier molecular flexibility index (Phi) is 3.01. The zero-order chi connectivity index (χ0) is 6.62. The molecule has 0 saturated heterocycles. The summed E-state index contributed by atoms with van der Waals surface area (Å²) in [6, 6.07) is 0. The molecule has 0 heterocycles. The maximum atomic E-state index is 10.9. The lowest BCUT2D eigenvalue weighted by atomic mass is 11.0. The van der Waals surface area contributed by atoms with Gasteiger partial charge in [0.05, 0.1) is 12.9 Å². The maximum Gasteiger partial charge on any atom is 0.162 e. The molecule has 0 spiro atoms. The molecule has 0 N–H and O–H groups in total. The summed E-state index contributed by atoms with van der Waals surface area (Å²) >= 11 is 0. The molecular formula is C4H11NO2S. The predicted molar refractivity (Wildman–Crippen MR) is 34.0 cm³/mol. The van der Waals surface area contributed by atoms with Crippen LogP contribution in [0.3, 0.4) is 0 Å². The summed E-state index contributed by atoms with van der Waals surface area (Å²) in [4.78, 5) is 0. The molecule has 0 saturated carbocycles. The van der Waals surface area contributed by atoms with Gasteiger partial charge < -0.3 is 0 Å². The molecule has 0 fully saturated rings. The van der Waals surface area contributed by atoms with Crippen LogP contribution in [0.2, 0.25) is 0 Å². The van der Waals surface area contributed by atoms with E-state index >= 15 is 0 Å². The topological polar surface area (TPSA) is 38.7 Å². The summed E-state index contributed by atoms with van der Waals surface area (Å²) in [6.07, 6.45) is 0. The Morgan fingerprint density at radius 1 is 1.75 bits per heavy atom. The SMILES string of the molecule is CCS(=O)(=NC)OC. The van der Waals surface area contributed by atoms with Crippen LogP contribution in [-0.2, 0) is 14.2 Å². The molecule has 0 amide bonds. The Morgan fingerprint density at radius 2 is 2.25 bits per heavy atom. The van der Waals surface area contributed by atoms with Crippen LogP contribution in [0.4, 0.5) is 0 Å². The summed E-state index contributed by atoms with van der Waals surface area (Å²) in [5.41, 5.74) is 0. The van der Waals surface area contributed by atoms with Crippen molar-refractivity contribution in [3.8, 4) is 0 Å². The smallest absolute Gasteiger partial charge is 0.162 e. The molecule has 4 heteroatoms. The first-order chi connectivity index (χ1) is 3.68. The predicted octanol–water partition coefficient (Wildman–Crippen LogP) is 0.666. The van der Waals surface area contributed by atoms with Gasteiger partial charge in [0.1, 0.15) is 0 Å². The number of rotatable bonds is 2. The van der Waals surface area contributed by atoms with Crippen molar-refractivity contribution in [3.63, 3.8) is 0 Å². The lowest BCUT2D eigenvalue weighted by Crippen LogP contribution is -2.03. The van der Waals surface area contributed by atoms with Gasteiger partial charge in [0.15, 0.2) is 10.0 Å². The molecule has 0 aromatic rings. The molecule has 8 heavy (non-hydrogen) atoms. The van der Waals surface area contributed by atoms with E-state index in [9.17, 15) is 4.21 Å². The van der Waals surface area contributed by atoms with E-state index in [0.29, 0.717) is 5.75 Å². The van der Waals surface area contributed by atoms with Crippen LogP contribution in [0.1, 0.15) is 6.92 Å². The van der Waals surface area contributed by atoms with Crippen molar-refractivity contribution in [1.82, 2.24) is 0 Å². The second-order valence-electron chi connectivity index (χ2n) is 1.22. The lowest BCUT2D eigenvalue weighted by Gasteiger charge is -1.99. The summed E-state index contributed by atoms with van der Waals surface area (Å²) in [5.74, 6) is 0.458. The average molecular weight is 137 g/mol. The Labute approximate surface area is 50.4 Å². The maximum absolute atomic E-state index is 10.9. The number of hydrogen-bond donors (Lipinski definition) is 0. The lowest BCUT2D eigenvalue weighted by molar-refractivity contribution is 0.437. The zero-order valence-electron chi connectivity index (χ0n) is 5.38. The molecule has 0 radical (unpaired) electrons. The van der Waals surface area contributed by atoms with E-state index in [4.69, 9.17) is 0 Å². The third-order valence-corrected chi connectivity index (χ3v) is 2.71. The van der Waals surface area contributed by atoms with Crippen LogP contribution >= 0.6 is 0 Å². The van der Waals surface area contributed by atoms with Gasteiger partial charge >= 0.3 is 0 Å². The first-order valence-electron chi connectivity index (χ1n) is 2.37. The van der Waals surface area contributed by atoms with Gasteiger partial charge in [0.2, 0.25) is 0 Å². The Balaban J connectivity index is 4.26. The molecule has 0 aromatic carbocycles. The molecule has 1 unspecified atom stereocenters. The van der Waals surface area contributed by atoms with Gasteiger partial charge in [0, 0.05) is 7.05 Å². The fraction of sp³-hybridized carbons (Fsp3) is 1.00. The summed E-state index contributed by atoms with van der Waals surface area (Å²) in [5, 5.41) is 0. The fourth-order valence-electron chi connectivity index (χ4n) is 0.321. The third-order valence-electron chi connectivity index (χ3n) is 0.903. The Bertz CT molecular complexity index is 147. The summed E-state index contributed by atoms with van der Waals surface area (Å²) in [6.45, 7) is 1.78. The molecule has 0 rings (SSSR count). The molecule has 0 bridgehead atoms. The fourth-order valence-corrected chi connectivity index (χ4v) is 0.964. The Morgan fingerprint density at radius 3 is 2.25 bits per heavy atom. The van der Waals surface area contributed by atoms with Crippen molar-refractivity contribution >= 4 is 10.0 Å². The average Bonchev–Trinajstić information content (AvgIpc) is 1.87. The molecule has 50 valence electrons. The molecule has 0 aliphatic carbocycles. The van der Waals surface area contributed by atoms with Crippen LogP contribution in [-0.4, -0.2) is 24.1 Å². The van der Waals surface area contributed by atoms with E-state index in [-0.39, 0.29) is 0 Å². The van der Waals surface area contributed by atoms with Gasteiger partial charge in [-0.05, 0) is 0 Å². The van der Waals surface area contributed by atoms with Gasteiger partial charge in [-0.15, -0.1) is 0 Å². The van der Waals surface area contributed by atoms with Crippen molar-refractivity contribution in [2.45, 2.75) is 6.92 Å². The van der Waals surface area contributed by atoms with Gasteiger partial charge in [-0.3, -0.25) is 4.18 Å². The highest BCUT2D eigenvalue weighted by Crippen LogP contribution is 1.92. The molecule has 0 aromatic heterocycles. The first kappa shape index (κ1) is 7.91. The summed E-state index contributed by atoms with van der Waals surface area (Å²) < 4.78 is 19.1. The van der Waals surface area contributed by atoms with Crippen molar-refractivity contribution in [2.24, 2.45) is 4.36 Å². The van der Waals surface area contributed by atoms with Crippen LogP contribution in [0, 0.1) is 0 Å². The van der Waals surface area contributed by atoms with E-state index in [1.54, 1.807) is 6.92 Å². The van der Waals surface area contributed by atoms with Gasteiger partial charge in [-0.25, -0.2) is 8.57 Å². The normalized spacial score (nSPS) is 17.4. The number of nitrogens with zero attached hydrogens (tertiary/aromatic N) is 1. The van der Waals surface area contributed by atoms with E-state index in [1.165, 1.54) is 14.2 Å². The minimum atomic E-state index is -2.28. The van der Waals surface area contributed by atoms with Crippen LogP contribution in [0.15, 0.2) is 4.36 Å². The minimum absolute atomic E-state index is 0.458. The third kappa shape index (κ3) is 1.79. The second kappa shape index (κ2) is 3.04. The zero-order valence-corrected chi connectivity index (χ0v) is 6.20. The number of hydrogen-bond acceptors (Lipinski definition) is 3. The van der Waals surface area contributed by atoms with Crippen LogP contribution < -0.4 is 0 Å². The van der Waals surface area contributed by atoms with Gasteiger partial charge in [-0.2, -0.15) is 0 Å².